The fourth-order valence-corrected chi connectivity index (χ4v) is 8.18. The number of esters is 1. The van der Waals surface area contributed by atoms with Crippen molar-refractivity contribution in [1.29, 1.82) is 0 Å². The van der Waals surface area contributed by atoms with Gasteiger partial charge in [0, 0.05) is 19.4 Å². The SMILES string of the molecule is CC1CC/C=C\[C@@H]2C[C@@]2(C(=O)NS(=O)(=O)C2(CF)CC2)CC(=O)[C@@H]2C[C@@H](O)CN2C(=O)[C@@H](CC(=O)OC(C)(C)C)[C@H](C)C1. The second-order valence-corrected chi connectivity index (χ2v) is 16.6. The molecule has 2 heterocycles. The summed E-state index contributed by atoms with van der Waals surface area (Å²) in [5.74, 6) is -3.39. The molecule has 2 aliphatic heterocycles. The number of nitrogens with one attached hydrogen (secondary N) is 1. The number of hydrogen-bond acceptors (Lipinski definition) is 8. The van der Waals surface area contributed by atoms with Crippen LogP contribution in [0.2, 0.25) is 0 Å². The summed E-state index contributed by atoms with van der Waals surface area (Å²) in [5, 5.41) is 10.6. The Balaban J connectivity index is 1.63. The number of ether oxygens (including phenoxy) is 1. The van der Waals surface area contributed by atoms with Crippen molar-refractivity contribution < 1.29 is 41.8 Å². The Morgan fingerprint density at radius 1 is 1.19 bits per heavy atom. The second kappa shape index (κ2) is 12.2. The molecule has 3 fully saturated rings. The summed E-state index contributed by atoms with van der Waals surface area (Å²) in [5.41, 5.74) is -2.08. The largest absolute Gasteiger partial charge is 0.460 e. The molecule has 2 amide bonds. The standard InChI is InChI=1S/C31H47FN2O8S/c1-19-8-6-7-9-21-15-31(21,28(39)33-43(40,41)30(18-32)10-11-30)16-25(36)24-13-22(35)17-34(24)27(38)23(20(2)12-19)14-26(37)42-29(3,4)5/h7,9,19-24,35H,6,8,10-18H2,1-5H3,(H,33,39)/b9-7-/t19?,20-,21-,22-,23+,24+,31-/m1/s1. The number of aliphatic hydroxyl groups excluding tert-OH is 1. The molecule has 242 valence electrons. The summed E-state index contributed by atoms with van der Waals surface area (Å²) >= 11 is 0. The topological polar surface area (TPSA) is 147 Å². The van der Waals surface area contributed by atoms with E-state index in [-0.39, 0.29) is 62.8 Å². The quantitative estimate of drug-likeness (QED) is 0.338. The number of carbonyl (C=O) groups is 4. The monoisotopic (exact) mass is 626 g/mol. The normalized spacial score (nSPS) is 35.6. The average molecular weight is 627 g/mol. The number of amides is 2. The van der Waals surface area contributed by atoms with Crippen molar-refractivity contribution in [3.8, 4) is 0 Å². The van der Waals surface area contributed by atoms with Crippen LogP contribution in [0.25, 0.3) is 0 Å². The number of alkyl halides is 1. The molecule has 1 unspecified atom stereocenters. The van der Waals surface area contributed by atoms with Crippen LogP contribution in [-0.2, 0) is 33.9 Å². The number of sulfonamides is 1. The van der Waals surface area contributed by atoms with Crippen molar-refractivity contribution in [2.45, 2.75) is 115 Å². The third kappa shape index (κ3) is 7.32. The third-order valence-electron chi connectivity index (χ3n) is 9.64. The zero-order valence-corrected chi connectivity index (χ0v) is 26.8. The van der Waals surface area contributed by atoms with Gasteiger partial charge in [-0.3, -0.25) is 23.9 Å². The van der Waals surface area contributed by atoms with Gasteiger partial charge in [-0.1, -0.05) is 26.0 Å². The number of halogens is 1. The van der Waals surface area contributed by atoms with E-state index in [2.05, 4.69) is 11.6 Å². The molecule has 0 bridgehead atoms. The number of allylic oxidation sites excluding steroid dienone is 2. The Kier molecular flexibility index (Phi) is 9.53. The number of nitrogens with zero attached hydrogens (tertiary/aromatic N) is 1. The van der Waals surface area contributed by atoms with E-state index < -0.39 is 74.1 Å². The van der Waals surface area contributed by atoms with Crippen LogP contribution in [0.1, 0.15) is 92.4 Å². The van der Waals surface area contributed by atoms with E-state index in [1.807, 2.05) is 19.1 Å². The van der Waals surface area contributed by atoms with E-state index in [0.717, 1.165) is 6.42 Å². The van der Waals surface area contributed by atoms with Gasteiger partial charge in [0.1, 0.15) is 17.0 Å². The van der Waals surface area contributed by atoms with Gasteiger partial charge in [-0.25, -0.2) is 12.8 Å². The van der Waals surface area contributed by atoms with Crippen LogP contribution in [0.5, 0.6) is 0 Å². The molecule has 7 atom stereocenters. The first kappa shape index (κ1) is 33.6. The maximum atomic E-state index is 14.1. The lowest BCUT2D eigenvalue weighted by atomic mass is 9.82. The van der Waals surface area contributed by atoms with Crippen LogP contribution in [0.15, 0.2) is 12.2 Å². The summed E-state index contributed by atoms with van der Waals surface area (Å²) < 4.78 is 45.4. The number of aliphatic hydroxyl groups is 1. The van der Waals surface area contributed by atoms with Crippen LogP contribution in [0.4, 0.5) is 4.39 Å². The highest BCUT2D eigenvalue weighted by atomic mass is 32.2. The zero-order chi connectivity index (χ0) is 32.0. The fraction of sp³-hybridized carbons (Fsp3) is 0.806. The minimum atomic E-state index is -4.28. The fourth-order valence-electron chi connectivity index (χ4n) is 6.73. The van der Waals surface area contributed by atoms with Crippen LogP contribution in [0, 0.1) is 29.1 Å². The lowest BCUT2D eigenvalue weighted by Crippen LogP contribution is -2.48. The van der Waals surface area contributed by atoms with Crippen LogP contribution in [0.3, 0.4) is 0 Å². The average Bonchev–Trinajstić information content (AvgIpc) is 3.79. The molecule has 0 aromatic rings. The number of rotatable bonds is 6. The van der Waals surface area contributed by atoms with Gasteiger partial charge >= 0.3 is 5.97 Å². The van der Waals surface area contributed by atoms with Gasteiger partial charge in [-0.2, -0.15) is 0 Å². The van der Waals surface area contributed by atoms with Gasteiger partial charge < -0.3 is 14.7 Å². The summed E-state index contributed by atoms with van der Waals surface area (Å²) in [7, 11) is -4.28. The molecule has 0 radical (unpaired) electrons. The van der Waals surface area contributed by atoms with Gasteiger partial charge in [-0.15, -0.1) is 0 Å². The van der Waals surface area contributed by atoms with Crippen LogP contribution < -0.4 is 4.72 Å². The number of fused-ring (bicyclic) bond motifs is 2. The van der Waals surface area contributed by atoms with E-state index in [1.54, 1.807) is 20.8 Å². The Morgan fingerprint density at radius 3 is 2.47 bits per heavy atom. The molecular formula is C31H47FN2O8S. The predicted octanol–water partition coefficient (Wildman–Crippen LogP) is 3.22. The van der Waals surface area contributed by atoms with Gasteiger partial charge in [0.2, 0.25) is 21.8 Å². The Bertz CT molecular complexity index is 1260. The highest BCUT2D eigenvalue weighted by Gasteiger charge is 2.63. The molecule has 10 nitrogen and oxygen atoms in total. The first-order valence-corrected chi connectivity index (χ1v) is 16.9. The third-order valence-corrected chi connectivity index (χ3v) is 11.7. The highest BCUT2D eigenvalue weighted by Crippen LogP contribution is 2.57. The van der Waals surface area contributed by atoms with Crippen molar-refractivity contribution in [1.82, 2.24) is 9.62 Å². The number of Topliss-reactive ketones (excluding diaryl/α,β-unsaturated/α-hetero) is 1. The van der Waals surface area contributed by atoms with E-state index >= 15 is 0 Å². The first-order chi connectivity index (χ1) is 19.9. The molecule has 12 heteroatoms. The molecule has 0 aromatic carbocycles. The zero-order valence-electron chi connectivity index (χ0n) is 25.9. The van der Waals surface area contributed by atoms with Crippen molar-refractivity contribution in [2.24, 2.45) is 29.1 Å². The molecule has 0 spiro atoms. The summed E-state index contributed by atoms with van der Waals surface area (Å²) in [6.07, 6.45) is 4.95. The number of hydrogen-bond donors (Lipinski definition) is 2. The van der Waals surface area contributed by atoms with Crippen LogP contribution >= 0.6 is 0 Å². The molecule has 4 rings (SSSR count). The van der Waals surface area contributed by atoms with Crippen molar-refractivity contribution in [3.05, 3.63) is 12.2 Å². The summed E-state index contributed by atoms with van der Waals surface area (Å²) in [6, 6.07) is -1.02. The minimum Gasteiger partial charge on any atom is -0.460 e. The Hall–Kier alpha value is -2.34. The number of ketones is 1. The molecule has 1 saturated heterocycles. The minimum absolute atomic E-state index is 0.0179. The lowest BCUT2D eigenvalue weighted by Gasteiger charge is -2.32. The van der Waals surface area contributed by atoms with E-state index in [4.69, 9.17) is 4.74 Å². The highest BCUT2D eigenvalue weighted by molar-refractivity contribution is 7.91. The van der Waals surface area contributed by atoms with Gasteiger partial charge in [-0.05, 0) is 77.0 Å². The Labute approximate surface area is 254 Å². The summed E-state index contributed by atoms with van der Waals surface area (Å²) in [6.45, 7) is 8.05. The molecule has 2 saturated carbocycles. The van der Waals surface area contributed by atoms with Gasteiger partial charge in [0.05, 0.1) is 29.9 Å². The predicted molar refractivity (Wildman–Crippen MR) is 157 cm³/mol. The van der Waals surface area contributed by atoms with Crippen molar-refractivity contribution >= 4 is 33.6 Å². The van der Waals surface area contributed by atoms with E-state index in [9.17, 15) is 37.1 Å². The summed E-state index contributed by atoms with van der Waals surface area (Å²) in [4.78, 5) is 55.7. The van der Waals surface area contributed by atoms with Gasteiger partial charge in [0.15, 0.2) is 5.78 Å². The molecule has 2 aliphatic carbocycles. The number of carbonyl (C=O) groups excluding carboxylic acids is 4. The second-order valence-electron chi connectivity index (χ2n) is 14.5. The van der Waals surface area contributed by atoms with Crippen molar-refractivity contribution in [2.75, 3.05) is 13.2 Å². The molecule has 2 N–H and O–H groups in total. The van der Waals surface area contributed by atoms with E-state index in [1.165, 1.54) is 4.90 Å². The smallest absolute Gasteiger partial charge is 0.307 e. The maximum Gasteiger partial charge on any atom is 0.307 e. The molecule has 43 heavy (non-hydrogen) atoms. The molecular weight excluding hydrogens is 579 g/mol. The molecule has 4 aliphatic rings. The van der Waals surface area contributed by atoms with E-state index in [0.29, 0.717) is 12.8 Å². The van der Waals surface area contributed by atoms with Gasteiger partial charge in [0.25, 0.3) is 0 Å². The van der Waals surface area contributed by atoms with Crippen molar-refractivity contribution in [3.63, 3.8) is 0 Å². The first-order valence-electron chi connectivity index (χ1n) is 15.5. The van der Waals surface area contributed by atoms with Crippen LogP contribution in [-0.4, -0.2) is 77.7 Å². The Morgan fingerprint density at radius 2 is 1.86 bits per heavy atom. The lowest BCUT2D eigenvalue weighted by molar-refractivity contribution is -0.160. The maximum absolute atomic E-state index is 14.1. The molecule has 0 aromatic heterocycles.